The molecule has 0 spiro atoms. The lowest BCUT2D eigenvalue weighted by Gasteiger charge is -2.07. The van der Waals surface area contributed by atoms with Gasteiger partial charge in [0, 0.05) is 6.20 Å². The second-order valence-corrected chi connectivity index (χ2v) is 2.08. The van der Waals surface area contributed by atoms with Gasteiger partial charge in [0.15, 0.2) is 17.8 Å². The normalized spacial score (nSPS) is 9.17. The predicted molar refractivity (Wildman–Crippen MR) is 42.7 cm³/mol. The van der Waals surface area contributed by atoms with E-state index in [1.807, 2.05) is 0 Å². The van der Waals surface area contributed by atoms with Crippen LogP contribution in [0.15, 0.2) is 12.4 Å². The molecule has 1 heterocycles. The fourth-order valence-electron chi connectivity index (χ4n) is 0.893. The van der Waals surface area contributed by atoms with E-state index < -0.39 is 0 Å². The third kappa shape index (κ3) is 1.37. The predicted octanol–water partition coefficient (Wildman–Crippen LogP) is 0.911. The highest BCUT2D eigenvalue weighted by molar-refractivity contribution is 5.80. The summed E-state index contributed by atoms with van der Waals surface area (Å²) >= 11 is 0. The van der Waals surface area contributed by atoms with Crippen LogP contribution in [0, 0.1) is 0 Å². The highest BCUT2D eigenvalue weighted by Crippen LogP contribution is 2.27. The van der Waals surface area contributed by atoms with Gasteiger partial charge in [0.1, 0.15) is 0 Å². The van der Waals surface area contributed by atoms with Crippen LogP contribution in [0.2, 0.25) is 0 Å². The van der Waals surface area contributed by atoms with Crippen molar-refractivity contribution in [2.24, 2.45) is 0 Å². The molecule has 4 heteroatoms. The van der Waals surface area contributed by atoms with E-state index in [1.165, 1.54) is 26.6 Å². The molecule has 0 fully saturated rings. The van der Waals surface area contributed by atoms with Gasteiger partial charge in [0.25, 0.3) is 0 Å². The number of aldehydes is 1. The lowest BCUT2D eigenvalue weighted by Crippen LogP contribution is -1.95. The maximum Gasteiger partial charge on any atom is 0.179 e. The first-order valence-corrected chi connectivity index (χ1v) is 3.34. The second kappa shape index (κ2) is 3.71. The Morgan fingerprint density at radius 3 is 2.58 bits per heavy atom. The summed E-state index contributed by atoms with van der Waals surface area (Å²) in [5.41, 5.74) is 0.386. The molecule has 0 N–H and O–H groups in total. The van der Waals surface area contributed by atoms with E-state index in [-0.39, 0.29) is 0 Å². The van der Waals surface area contributed by atoms with Gasteiger partial charge in [-0.05, 0) is 0 Å². The van der Waals surface area contributed by atoms with Crippen LogP contribution in [-0.4, -0.2) is 25.5 Å². The summed E-state index contributed by atoms with van der Waals surface area (Å²) in [4.78, 5) is 14.3. The molecule has 1 rings (SSSR count). The topological polar surface area (TPSA) is 48.4 Å². The molecule has 0 aromatic carbocycles. The first-order chi connectivity index (χ1) is 5.83. The van der Waals surface area contributed by atoms with E-state index in [4.69, 9.17) is 9.47 Å². The maximum absolute atomic E-state index is 10.5. The van der Waals surface area contributed by atoms with E-state index in [0.717, 1.165) is 0 Å². The Kier molecular flexibility index (Phi) is 2.63. The highest BCUT2D eigenvalue weighted by Gasteiger charge is 2.08. The van der Waals surface area contributed by atoms with Crippen molar-refractivity contribution < 1.29 is 14.3 Å². The van der Waals surface area contributed by atoms with Crippen LogP contribution in [-0.2, 0) is 0 Å². The van der Waals surface area contributed by atoms with Crippen LogP contribution in [0.3, 0.4) is 0 Å². The number of carbonyl (C=O) groups excluding carboxylic acids is 1. The minimum absolute atomic E-state index is 0.386. The quantitative estimate of drug-likeness (QED) is 0.628. The van der Waals surface area contributed by atoms with Crippen LogP contribution >= 0.6 is 0 Å². The SMILES string of the molecule is COc1cncc(C=O)c1OC. The molecule has 64 valence electrons. The number of rotatable bonds is 3. The molecule has 0 unspecified atom stereocenters. The van der Waals surface area contributed by atoms with E-state index >= 15 is 0 Å². The average Bonchev–Trinajstić information content (AvgIpc) is 2.16. The summed E-state index contributed by atoms with van der Waals surface area (Å²) < 4.78 is 9.89. The number of hydrogen-bond acceptors (Lipinski definition) is 4. The first kappa shape index (κ1) is 8.52. The molecule has 12 heavy (non-hydrogen) atoms. The van der Waals surface area contributed by atoms with Gasteiger partial charge >= 0.3 is 0 Å². The number of nitrogens with zero attached hydrogens (tertiary/aromatic N) is 1. The lowest BCUT2D eigenvalue weighted by atomic mass is 10.3. The Morgan fingerprint density at radius 1 is 1.33 bits per heavy atom. The van der Waals surface area contributed by atoms with Gasteiger partial charge in [-0.3, -0.25) is 9.78 Å². The molecule has 0 aliphatic carbocycles. The number of aromatic nitrogens is 1. The van der Waals surface area contributed by atoms with Gasteiger partial charge in [-0.2, -0.15) is 0 Å². The number of ether oxygens (including phenoxy) is 2. The van der Waals surface area contributed by atoms with Crippen LogP contribution in [0.25, 0.3) is 0 Å². The van der Waals surface area contributed by atoms with Crippen molar-refractivity contribution in [1.82, 2.24) is 4.98 Å². The summed E-state index contributed by atoms with van der Waals surface area (Å²) in [6, 6.07) is 0. The molecular formula is C8H9NO3. The molecule has 1 aromatic rings. The molecule has 0 atom stereocenters. The molecule has 0 aliphatic rings. The minimum Gasteiger partial charge on any atom is -0.492 e. The molecule has 0 amide bonds. The number of hydrogen-bond donors (Lipinski definition) is 0. The monoisotopic (exact) mass is 167 g/mol. The standard InChI is InChI=1S/C8H9NO3/c1-11-7-4-9-3-6(5-10)8(7)12-2/h3-5H,1-2H3. The molecule has 0 bridgehead atoms. The zero-order valence-electron chi connectivity index (χ0n) is 6.90. The average molecular weight is 167 g/mol. The summed E-state index contributed by atoms with van der Waals surface area (Å²) in [6.07, 6.45) is 3.59. The van der Waals surface area contributed by atoms with Crippen molar-refractivity contribution in [3.8, 4) is 11.5 Å². The van der Waals surface area contributed by atoms with Gasteiger partial charge in [0.2, 0.25) is 0 Å². The molecule has 0 saturated heterocycles. The largest absolute Gasteiger partial charge is 0.492 e. The third-order valence-corrected chi connectivity index (χ3v) is 1.44. The Labute approximate surface area is 70.1 Å². The van der Waals surface area contributed by atoms with Crippen molar-refractivity contribution in [1.29, 1.82) is 0 Å². The molecular weight excluding hydrogens is 158 g/mol. The van der Waals surface area contributed by atoms with E-state index in [0.29, 0.717) is 23.3 Å². The van der Waals surface area contributed by atoms with Gasteiger partial charge in [0.05, 0.1) is 26.0 Å². The Morgan fingerprint density at radius 2 is 2.08 bits per heavy atom. The van der Waals surface area contributed by atoms with Crippen molar-refractivity contribution in [3.63, 3.8) is 0 Å². The van der Waals surface area contributed by atoms with Crippen LogP contribution < -0.4 is 9.47 Å². The molecule has 1 aromatic heterocycles. The summed E-state index contributed by atoms with van der Waals surface area (Å²) in [5, 5.41) is 0. The zero-order chi connectivity index (χ0) is 8.97. The first-order valence-electron chi connectivity index (χ1n) is 3.34. The highest BCUT2D eigenvalue weighted by atomic mass is 16.5. The Hall–Kier alpha value is -1.58. The third-order valence-electron chi connectivity index (χ3n) is 1.44. The second-order valence-electron chi connectivity index (χ2n) is 2.08. The van der Waals surface area contributed by atoms with Crippen LogP contribution in [0.4, 0.5) is 0 Å². The molecule has 0 aliphatic heterocycles. The van der Waals surface area contributed by atoms with Crippen molar-refractivity contribution in [2.75, 3.05) is 14.2 Å². The van der Waals surface area contributed by atoms with Gasteiger partial charge in [-0.1, -0.05) is 0 Å². The Balaban J connectivity index is 3.21. The fraction of sp³-hybridized carbons (Fsp3) is 0.250. The summed E-state index contributed by atoms with van der Waals surface area (Å²) in [7, 11) is 2.97. The van der Waals surface area contributed by atoms with E-state index in [2.05, 4.69) is 4.98 Å². The minimum atomic E-state index is 0.386. The number of pyridine rings is 1. The molecule has 0 radical (unpaired) electrons. The fourth-order valence-corrected chi connectivity index (χ4v) is 0.893. The van der Waals surface area contributed by atoms with Crippen LogP contribution in [0.5, 0.6) is 11.5 Å². The van der Waals surface area contributed by atoms with Gasteiger partial charge < -0.3 is 9.47 Å². The van der Waals surface area contributed by atoms with Gasteiger partial charge in [-0.15, -0.1) is 0 Å². The number of carbonyl (C=O) groups is 1. The molecule has 0 saturated carbocycles. The molecule has 4 nitrogen and oxygen atoms in total. The van der Waals surface area contributed by atoms with Crippen molar-refractivity contribution in [3.05, 3.63) is 18.0 Å². The number of methoxy groups -OCH3 is 2. The van der Waals surface area contributed by atoms with Crippen molar-refractivity contribution in [2.45, 2.75) is 0 Å². The summed E-state index contributed by atoms with van der Waals surface area (Å²) in [6.45, 7) is 0. The van der Waals surface area contributed by atoms with E-state index in [1.54, 1.807) is 0 Å². The zero-order valence-corrected chi connectivity index (χ0v) is 6.90. The Bertz CT molecular complexity index is 286. The van der Waals surface area contributed by atoms with Gasteiger partial charge in [-0.25, -0.2) is 0 Å². The van der Waals surface area contributed by atoms with Crippen LogP contribution in [0.1, 0.15) is 10.4 Å². The van der Waals surface area contributed by atoms with E-state index in [9.17, 15) is 4.79 Å². The summed E-state index contributed by atoms with van der Waals surface area (Å²) in [5.74, 6) is 0.879. The van der Waals surface area contributed by atoms with Crippen molar-refractivity contribution >= 4 is 6.29 Å². The maximum atomic E-state index is 10.5. The smallest absolute Gasteiger partial charge is 0.179 e. The lowest BCUT2D eigenvalue weighted by molar-refractivity contribution is 0.111.